The van der Waals surface area contributed by atoms with E-state index in [9.17, 15) is 4.79 Å². The number of nitrogens with zero attached hydrogens (tertiary/aromatic N) is 2. The first-order chi connectivity index (χ1) is 12.6. The summed E-state index contributed by atoms with van der Waals surface area (Å²) in [7, 11) is 0. The summed E-state index contributed by atoms with van der Waals surface area (Å²) in [5, 5.41) is 9.20. The van der Waals surface area contributed by atoms with E-state index >= 15 is 0 Å². The molecular weight excluding hydrogens is 346 g/mol. The fourth-order valence-corrected chi connectivity index (χ4v) is 3.12. The summed E-state index contributed by atoms with van der Waals surface area (Å²) >= 11 is 1.79. The van der Waals surface area contributed by atoms with E-state index < -0.39 is 0 Å². The van der Waals surface area contributed by atoms with Gasteiger partial charge in [0.15, 0.2) is 5.96 Å². The number of anilines is 1. The summed E-state index contributed by atoms with van der Waals surface area (Å²) in [6.07, 6.45) is 3.13. The first kappa shape index (κ1) is 19.9. The van der Waals surface area contributed by atoms with Gasteiger partial charge in [-0.15, -0.1) is 11.3 Å². The molecule has 1 amide bonds. The molecule has 0 aromatic carbocycles. The average molecular weight is 374 g/mol. The van der Waals surface area contributed by atoms with Crippen LogP contribution < -0.4 is 16.0 Å². The van der Waals surface area contributed by atoms with Crippen molar-refractivity contribution in [3.63, 3.8) is 0 Å². The molecule has 0 unspecified atom stereocenters. The highest BCUT2D eigenvalue weighted by molar-refractivity contribution is 7.11. The molecule has 0 saturated heterocycles. The number of nitrogens with one attached hydrogen (secondary N) is 3. The lowest BCUT2D eigenvalue weighted by atomic mass is 10.3. The fourth-order valence-electron chi connectivity index (χ4n) is 2.24. The number of aromatic nitrogens is 1. The Hall–Kier alpha value is -2.41. The van der Waals surface area contributed by atoms with Crippen molar-refractivity contribution in [3.8, 4) is 0 Å². The number of guanidine groups is 1. The van der Waals surface area contributed by atoms with Crippen LogP contribution in [0.5, 0.6) is 0 Å². The maximum atomic E-state index is 12.0. The lowest BCUT2D eigenvalue weighted by molar-refractivity contribution is -0.116. The van der Waals surface area contributed by atoms with Gasteiger partial charge < -0.3 is 16.0 Å². The van der Waals surface area contributed by atoms with Crippen molar-refractivity contribution in [1.82, 2.24) is 15.6 Å². The quantitative estimate of drug-likeness (QED) is 0.491. The smallest absolute Gasteiger partial charge is 0.227 e. The molecule has 0 aliphatic rings. The van der Waals surface area contributed by atoms with Crippen LogP contribution in [0.25, 0.3) is 0 Å². The summed E-state index contributed by atoms with van der Waals surface area (Å²) in [5.41, 5.74) is 1.06. The van der Waals surface area contributed by atoms with Crippen molar-refractivity contribution >= 4 is 29.0 Å². The molecule has 6 nitrogen and oxygen atoms in total. The first-order valence-corrected chi connectivity index (χ1v) is 9.74. The highest BCUT2D eigenvalue weighted by Gasteiger charge is 2.05. The van der Waals surface area contributed by atoms with Crippen molar-refractivity contribution in [2.24, 2.45) is 4.99 Å². The number of carbonyl (C=O) groups excluding carboxylic acids is 1. The zero-order chi connectivity index (χ0) is 18.8. The third-order valence-corrected chi connectivity index (χ3v) is 4.84. The van der Waals surface area contributed by atoms with Crippen LogP contribution in [0, 0.1) is 6.92 Å². The number of aliphatic imine (C=N–C) groups is 1. The highest BCUT2D eigenvalue weighted by atomic mass is 32.1. The zero-order valence-electron chi connectivity index (χ0n) is 15.6. The molecule has 0 aliphatic heterocycles. The minimum Gasteiger partial charge on any atom is -0.357 e. The van der Waals surface area contributed by atoms with Crippen molar-refractivity contribution < 1.29 is 4.79 Å². The maximum absolute atomic E-state index is 12.0. The van der Waals surface area contributed by atoms with Crippen molar-refractivity contribution in [2.45, 2.75) is 40.2 Å². The van der Waals surface area contributed by atoms with Gasteiger partial charge in [-0.05, 0) is 44.0 Å². The van der Waals surface area contributed by atoms with Gasteiger partial charge in [0.1, 0.15) is 5.82 Å². The molecule has 0 spiro atoms. The Morgan fingerprint density at radius 3 is 2.62 bits per heavy atom. The van der Waals surface area contributed by atoms with Crippen LogP contribution in [0.1, 0.15) is 35.6 Å². The summed E-state index contributed by atoms with van der Waals surface area (Å²) in [6, 6.07) is 8.00. The van der Waals surface area contributed by atoms with Gasteiger partial charge in [0, 0.05) is 35.5 Å². The molecule has 2 heterocycles. The second-order valence-corrected chi connectivity index (χ2v) is 7.12. The van der Waals surface area contributed by atoms with E-state index in [2.05, 4.69) is 45.0 Å². The summed E-state index contributed by atoms with van der Waals surface area (Å²) in [6.45, 7) is 8.06. The molecule has 3 N–H and O–H groups in total. The van der Waals surface area contributed by atoms with Crippen LogP contribution in [-0.4, -0.2) is 29.9 Å². The SMILES string of the molecule is CCNC(=NCc1ccc(CC)s1)NCCC(=O)Nc1ccc(C)cn1. The zero-order valence-corrected chi connectivity index (χ0v) is 16.4. The predicted molar refractivity (Wildman–Crippen MR) is 109 cm³/mol. The number of hydrogen-bond acceptors (Lipinski definition) is 4. The predicted octanol–water partition coefficient (Wildman–Crippen LogP) is 3.10. The monoisotopic (exact) mass is 373 g/mol. The van der Waals surface area contributed by atoms with Gasteiger partial charge >= 0.3 is 0 Å². The van der Waals surface area contributed by atoms with Gasteiger partial charge in [-0.3, -0.25) is 4.79 Å². The molecule has 7 heteroatoms. The second kappa shape index (κ2) is 10.6. The topological polar surface area (TPSA) is 78.4 Å². The molecule has 26 heavy (non-hydrogen) atoms. The van der Waals surface area contributed by atoms with E-state index in [-0.39, 0.29) is 5.91 Å². The largest absolute Gasteiger partial charge is 0.357 e. The number of carbonyl (C=O) groups is 1. The number of rotatable bonds is 8. The van der Waals surface area contributed by atoms with E-state index in [1.807, 2.05) is 19.9 Å². The number of amides is 1. The van der Waals surface area contributed by atoms with E-state index in [0.29, 0.717) is 25.3 Å². The van der Waals surface area contributed by atoms with Crippen molar-refractivity contribution in [1.29, 1.82) is 0 Å². The van der Waals surface area contributed by atoms with Crippen molar-refractivity contribution in [2.75, 3.05) is 18.4 Å². The maximum Gasteiger partial charge on any atom is 0.227 e. The minimum atomic E-state index is -0.0736. The second-order valence-electron chi connectivity index (χ2n) is 5.86. The molecule has 2 aromatic heterocycles. The number of pyridine rings is 1. The molecule has 140 valence electrons. The van der Waals surface area contributed by atoms with E-state index in [1.54, 1.807) is 23.6 Å². The number of hydrogen-bond donors (Lipinski definition) is 3. The average Bonchev–Trinajstić information content (AvgIpc) is 3.10. The van der Waals surface area contributed by atoms with Crippen LogP contribution in [0.3, 0.4) is 0 Å². The molecule has 0 aliphatic carbocycles. The van der Waals surface area contributed by atoms with Crippen LogP contribution in [0.15, 0.2) is 35.5 Å². The standard InChI is InChI=1S/C19H27N5OS/c1-4-15-7-8-16(26-15)13-23-19(20-5-2)21-11-10-18(25)24-17-9-6-14(3)12-22-17/h6-9,12H,4-5,10-11,13H2,1-3H3,(H2,20,21,23)(H,22,24,25). The molecule has 0 fully saturated rings. The number of aryl methyl sites for hydroxylation is 2. The summed E-state index contributed by atoms with van der Waals surface area (Å²) in [5.74, 6) is 1.22. The third kappa shape index (κ3) is 6.84. The van der Waals surface area contributed by atoms with E-state index in [4.69, 9.17) is 0 Å². The van der Waals surface area contributed by atoms with Crippen LogP contribution in [-0.2, 0) is 17.8 Å². The Bertz CT molecular complexity index is 724. The van der Waals surface area contributed by atoms with Gasteiger partial charge in [-0.25, -0.2) is 9.98 Å². The Morgan fingerprint density at radius 2 is 1.96 bits per heavy atom. The molecule has 2 rings (SSSR count). The van der Waals surface area contributed by atoms with Crippen LogP contribution in [0.4, 0.5) is 5.82 Å². The van der Waals surface area contributed by atoms with Crippen LogP contribution in [0.2, 0.25) is 0 Å². The molecule has 0 saturated carbocycles. The van der Waals surface area contributed by atoms with Crippen molar-refractivity contribution in [3.05, 3.63) is 45.8 Å². The Labute approximate surface area is 159 Å². The van der Waals surface area contributed by atoms with Crippen LogP contribution >= 0.6 is 11.3 Å². The normalized spacial score (nSPS) is 11.3. The fraction of sp³-hybridized carbons (Fsp3) is 0.421. The van der Waals surface area contributed by atoms with Gasteiger partial charge in [-0.2, -0.15) is 0 Å². The first-order valence-electron chi connectivity index (χ1n) is 8.93. The Morgan fingerprint density at radius 1 is 1.15 bits per heavy atom. The summed E-state index contributed by atoms with van der Waals surface area (Å²) in [4.78, 5) is 23.4. The van der Waals surface area contributed by atoms with Gasteiger partial charge in [0.05, 0.1) is 6.54 Å². The summed E-state index contributed by atoms with van der Waals surface area (Å²) < 4.78 is 0. The van der Waals surface area contributed by atoms with Gasteiger partial charge in [0.25, 0.3) is 0 Å². The molecule has 0 bridgehead atoms. The lowest BCUT2D eigenvalue weighted by Gasteiger charge is -2.11. The molecule has 0 atom stereocenters. The minimum absolute atomic E-state index is 0.0736. The molecule has 2 aromatic rings. The third-order valence-electron chi connectivity index (χ3n) is 3.63. The highest BCUT2D eigenvalue weighted by Crippen LogP contribution is 2.17. The van der Waals surface area contributed by atoms with E-state index in [1.165, 1.54) is 9.75 Å². The molecule has 0 radical (unpaired) electrons. The lowest BCUT2D eigenvalue weighted by Crippen LogP contribution is -2.38. The Kier molecular flexibility index (Phi) is 8.08. The Balaban J connectivity index is 1.78. The van der Waals surface area contributed by atoms with Gasteiger partial charge in [0.2, 0.25) is 5.91 Å². The van der Waals surface area contributed by atoms with Gasteiger partial charge in [-0.1, -0.05) is 13.0 Å². The van der Waals surface area contributed by atoms with E-state index in [0.717, 1.165) is 24.5 Å². The number of thiophene rings is 1. The molecular formula is C19H27N5OS.